The lowest BCUT2D eigenvalue weighted by molar-refractivity contribution is -0.155. The van der Waals surface area contributed by atoms with Gasteiger partial charge >= 0.3 is 17.5 Å². The number of rotatable bonds is 4. The molecule has 34 heavy (non-hydrogen) atoms. The van der Waals surface area contributed by atoms with Crippen molar-refractivity contribution in [2.75, 3.05) is 19.9 Å². The number of aliphatic hydroxyl groups excluding tert-OH is 4. The van der Waals surface area contributed by atoms with Gasteiger partial charge in [0, 0.05) is 18.6 Å². The molecule has 0 aliphatic carbocycles. The fraction of sp³-hybridized carbons (Fsp3) is 0.611. The highest BCUT2D eigenvalue weighted by atomic mass is 19.3. The van der Waals surface area contributed by atoms with Crippen LogP contribution in [0.25, 0.3) is 0 Å². The minimum absolute atomic E-state index is 0.0759. The molecule has 2 saturated heterocycles. The molecule has 0 aromatic carbocycles. The van der Waals surface area contributed by atoms with E-state index in [9.17, 15) is 32.6 Å². The fourth-order valence-electron chi connectivity index (χ4n) is 3.42. The van der Waals surface area contributed by atoms with E-state index in [1.54, 1.807) is 0 Å². The number of nitrogens with two attached hydrogens (primary N) is 1. The van der Waals surface area contributed by atoms with Crippen LogP contribution in [0.2, 0.25) is 0 Å². The molecule has 4 heterocycles. The van der Waals surface area contributed by atoms with Crippen LogP contribution < -0.4 is 11.4 Å². The summed E-state index contributed by atoms with van der Waals surface area (Å²) >= 11 is 0. The van der Waals surface area contributed by atoms with Crippen LogP contribution in [-0.2, 0) is 9.47 Å². The highest BCUT2D eigenvalue weighted by Gasteiger charge is 2.60. The topological polar surface area (TPSA) is 176 Å². The van der Waals surface area contributed by atoms with E-state index in [0.29, 0.717) is 4.57 Å². The maximum Gasteiger partial charge on any atom is 0.349 e. The van der Waals surface area contributed by atoms with Gasteiger partial charge in [-0.15, -0.1) is 0 Å². The lowest BCUT2D eigenvalue weighted by Crippen LogP contribution is -2.48. The van der Waals surface area contributed by atoms with E-state index in [0.717, 1.165) is 17.3 Å². The third-order valence-corrected chi connectivity index (χ3v) is 5.26. The molecular formula is C18H23F4N5O7. The van der Waals surface area contributed by atoms with E-state index in [2.05, 4.69) is 9.98 Å². The Kier molecular flexibility index (Phi) is 7.59. The molecule has 3 aliphatic rings. The highest BCUT2D eigenvalue weighted by molar-refractivity contribution is 5.91. The third-order valence-electron chi connectivity index (χ3n) is 5.26. The fourth-order valence-corrected chi connectivity index (χ4v) is 3.42. The number of alkyl halides is 4. The molecule has 16 heteroatoms. The molecule has 0 unspecified atom stereocenters. The third kappa shape index (κ3) is 4.77. The van der Waals surface area contributed by atoms with Crippen LogP contribution in [0.15, 0.2) is 40.5 Å². The molecule has 190 valence electrons. The number of hydrogen-bond donors (Lipinski definition) is 5. The second-order valence-electron chi connectivity index (χ2n) is 7.52. The summed E-state index contributed by atoms with van der Waals surface area (Å²) in [5, 5.41) is 36.2. The SMILES string of the molecule is NC1=NCN([C@@H]2O[C@H](CO)[C@@H](O)C2(F)F)C=C1.O=c1ncccn1[C@@H]1O[C@H](CO)[C@@H](O)C1(F)F. The van der Waals surface area contributed by atoms with Gasteiger partial charge in [0.05, 0.1) is 13.2 Å². The number of aromatic nitrogens is 2. The van der Waals surface area contributed by atoms with E-state index < -0.39 is 67.6 Å². The minimum atomic E-state index is -3.67. The van der Waals surface area contributed by atoms with Gasteiger partial charge in [0.15, 0.2) is 18.4 Å². The first-order valence-corrected chi connectivity index (χ1v) is 9.86. The van der Waals surface area contributed by atoms with E-state index in [1.165, 1.54) is 18.3 Å². The molecule has 6 N–H and O–H groups in total. The van der Waals surface area contributed by atoms with Gasteiger partial charge in [-0.25, -0.2) is 14.8 Å². The van der Waals surface area contributed by atoms with Crippen molar-refractivity contribution in [2.24, 2.45) is 10.7 Å². The van der Waals surface area contributed by atoms with Crippen LogP contribution in [0.1, 0.15) is 6.23 Å². The summed E-state index contributed by atoms with van der Waals surface area (Å²) in [4.78, 5) is 19.5. The number of halogens is 4. The summed E-state index contributed by atoms with van der Waals surface area (Å²) in [7, 11) is 0. The molecule has 0 saturated carbocycles. The van der Waals surface area contributed by atoms with Crippen molar-refractivity contribution in [3.05, 3.63) is 41.2 Å². The predicted octanol–water partition coefficient (Wildman–Crippen LogP) is -2.03. The highest BCUT2D eigenvalue weighted by Crippen LogP contribution is 2.42. The summed E-state index contributed by atoms with van der Waals surface area (Å²) in [5.41, 5.74) is 4.45. The van der Waals surface area contributed by atoms with E-state index >= 15 is 0 Å². The van der Waals surface area contributed by atoms with Crippen molar-refractivity contribution >= 4 is 5.84 Å². The van der Waals surface area contributed by atoms with E-state index in [4.69, 9.17) is 25.4 Å². The smallest absolute Gasteiger partial charge is 0.349 e. The molecule has 1 aromatic heterocycles. The maximum absolute atomic E-state index is 13.7. The van der Waals surface area contributed by atoms with Crippen molar-refractivity contribution < 1.29 is 47.5 Å². The lowest BCUT2D eigenvalue weighted by atomic mass is 10.1. The summed E-state index contributed by atoms with van der Waals surface area (Å²) in [6.07, 6.45) is -5.60. The van der Waals surface area contributed by atoms with Gasteiger partial charge in [-0.1, -0.05) is 0 Å². The Labute approximate surface area is 189 Å². The maximum atomic E-state index is 13.7. The molecule has 12 nitrogen and oxygen atoms in total. The second-order valence-corrected chi connectivity index (χ2v) is 7.52. The average molecular weight is 497 g/mol. The largest absolute Gasteiger partial charge is 0.394 e. The number of amidine groups is 1. The zero-order chi connectivity index (χ0) is 25.3. The van der Waals surface area contributed by atoms with Gasteiger partial charge in [0.25, 0.3) is 0 Å². The Morgan fingerprint density at radius 1 is 1.06 bits per heavy atom. The van der Waals surface area contributed by atoms with E-state index in [1.807, 2.05) is 0 Å². The number of nitrogens with zero attached hydrogens (tertiary/aromatic N) is 4. The molecular weight excluding hydrogens is 474 g/mol. The molecule has 0 amide bonds. The predicted molar refractivity (Wildman–Crippen MR) is 105 cm³/mol. The summed E-state index contributed by atoms with van der Waals surface area (Å²) in [5.74, 6) is -6.90. The van der Waals surface area contributed by atoms with Crippen LogP contribution in [0.3, 0.4) is 0 Å². The lowest BCUT2D eigenvalue weighted by Gasteiger charge is -2.30. The van der Waals surface area contributed by atoms with Gasteiger partial charge in [-0.05, 0) is 12.1 Å². The van der Waals surface area contributed by atoms with E-state index in [-0.39, 0.29) is 12.5 Å². The Balaban J connectivity index is 0.000000191. The zero-order valence-corrected chi connectivity index (χ0v) is 17.4. The molecule has 2 fully saturated rings. The van der Waals surface area contributed by atoms with Crippen molar-refractivity contribution in [1.82, 2.24) is 14.5 Å². The Morgan fingerprint density at radius 2 is 1.62 bits per heavy atom. The second kappa shape index (κ2) is 9.93. The Morgan fingerprint density at radius 3 is 2.09 bits per heavy atom. The van der Waals surface area contributed by atoms with Crippen molar-refractivity contribution in [1.29, 1.82) is 0 Å². The molecule has 4 rings (SSSR count). The van der Waals surface area contributed by atoms with Crippen LogP contribution in [-0.4, -0.2) is 103 Å². The standard InChI is InChI=1S/C9H13F2N3O3.C9H10F2N2O4/c10-9(11)7(16)5(3-15)17-8(9)14-2-1-6(12)13-4-14;10-9(11)6(15)5(4-14)17-7(9)13-3-1-2-12-8(13)16/h1-2,5,7-8,15-16H,3-4H2,(H2,12,13);1-3,5-7,14-15H,4H2/t5-,7-,8-;5-,6-,7-/m11/s1. The summed E-state index contributed by atoms with van der Waals surface area (Å²) < 4.78 is 64.9. The minimum Gasteiger partial charge on any atom is -0.394 e. The van der Waals surface area contributed by atoms with Crippen molar-refractivity contribution in [2.45, 2.75) is 48.7 Å². The molecule has 6 atom stereocenters. The van der Waals surface area contributed by atoms with Gasteiger partial charge in [0.1, 0.15) is 24.7 Å². The molecule has 0 radical (unpaired) electrons. The van der Waals surface area contributed by atoms with Crippen molar-refractivity contribution in [3.63, 3.8) is 0 Å². The van der Waals surface area contributed by atoms with Crippen LogP contribution in [0, 0.1) is 0 Å². The number of ether oxygens (including phenoxy) is 2. The van der Waals surface area contributed by atoms with Crippen LogP contribution in [0.5, 0.6) is 0 Å². The molecule has 0 spiro atoms. The first-order chi connectivity index (χ1) is 15.9. The van der Waals surface area contributed by atoms with Gasteiger partial charge in [0.2, 0.25) is 6.23 Å². The number of hydrogen-bond acceptors (Lipinski definition) is 11. The van der Waals surface area contributed by atoms with Gasteiger partial charge in [-0.2, -0.15) is 17.6 Å². The van der Waals surface area contributed by atoms with Crippen LogP contribution in [0.4, 0.5) is 17.6 Å². The van der Waals surface area contributed by atoms with Gasteiger partial charge in [-0.3, -0.25) is 4.57 Å². The zero-order valence-electron chi connectivity index (χ0n) is 17.4. The first kappa shape index (κ1) is 26.0. The molecule has 1 aromatic rings. The average Bonchev–Trinajstić information content (AvgIpc) is 3.18. The first-order valence-electron chi connectivity index (χ1n) is 9.86. The van der Waals surface area contributed by atoms with Gasteiger partial charge < -0.3 is 40.5 Å². The monoisotopic (exact) mass is 497 g/mol. The Bertz CT molecular complexity index is 978. The molecule has 0 bridgehead atoms. The van der Waals surface area contributed by atoms with Crippen molar-refractivity contribution in [3.8, 4) is 0 Å². The summed E-state index contributed by atoms with van der Waals surface area (Å²) in [6, 6.07) is 1.29. The number of aliphatic hydroxyl groups is 4. The summed E-state index contributed by atoms with van der Waals surface area (Å²) in [6.45, 7) is -1.51. The normalized spacial score (nSPS) is 33.9. The molecule has 3 aliphatic heterocycles. The van der Waals surface area contributed by atoms with Crippen LogP contribution >= 0.6 is 0 Å². The quantitative estimate of drug-likeness (QED) is 0.292. The Hall–Kier alpha value is -2.63. The number of aliphatic imine (C=N–C) groups is 1.